The van der Waals surface area contributed by atoms with Gasteiger partial charge in [-0.25, -0.2) is 0 Å². The normalized spacial score (nSPS) is 10.3. The van der Waals surface area contributed by atoms with Crippen molar-refractivity contribution in [1.82, 2.24) is 4.98 Å². The average molecular weight is 323 g/mol. The van der Waals surface area contributed by atoms with Crippen LogP contribution in [0.25, 0.3) is 0 Å². The van der Waals surface area contributed by atoms with E-state index in [0.29, 0.717) is 24.7 Å². The predicted molar refractivity (Wildman–Crippen MR) is 77.2 cm³/mol. The van der Waals surface area contributed by atoms with Crippen molar-refractivity contribution in [2.24, 2.45) is 5.73 Å². The number of nitrogens with zero attached hydrogens (tertiary/aromatic N) is 1. The predicted octanol–water partition coefficient (Wildman–Crippen LogP) is 2.89. The van der Waals surface area contributed by atoms with Gasteiger partial charge in [0.15, 0.2) is 11.5 Å². The van der Waals surface area contributed by atoms with Crippen LogP contribution in [0, 0.1) is 0 Å². The van der Waals surface area contributed by atoms with E-state index >= 15 is 0 Å². The lowest BCUT2D eigenvalue weighted by Gasteiger charge is -2.14. The van der Waals surface area contributed by atoms with Gasteiger partial charge in [-0.15, -0.1) is 0 Å². The molecule has 0 atom stereocenters. The molecule has 0 aliphatic heterocycles. The Morgan fingerprint density at radius 1 is 1.32 bits per heavy atom. The van der Waals surface area contributed by atoms with E-state index in [0.717, 1.165) is 15.6 Å². The van der Waals surface area contributed by atoms with Crippen molar-refractivity contribution in [2.45, 2.75) is 13.2 Å². The number of pyridine rings is 1. The van der Waals surface area contributed by atoms with Crippen molar-refractivity contribution in [1.29, 1.82) is 0 Å². The molecule has 0 saturated carbocycles. The number of ether oxygens (including phenoxy) is 2. The van der Waals surface area contributed by atoms with Gasteiger partial charge in [-0.3, -0.25) is 4.98 Å². The van der Waals surface area contributed by atoms with Crippen LogP contribution in [0.4, 0.5) is 0 Å². The first-order chi connectivity index (χ1) is 9.24. The molecule has 4 nitrogen and oxygen atoms in total. The Balaban J connectivity index is 2.20. The van der Waals surface area contributed by atoms with E-state index < -0.39 is 0 Å². The average Bonchev–Trinajstić information content (AvgIpc) is 2.46. The quantitative estimate of drug-likeness (QED) is 0.919. The van der Waals surface area contributed by atoms with E-state index in [1.165, 1.54) is 0 Å². The minimum Gasteiger partial charge on any atom is -0.493 e. The number of hydrogen-bond acceptors (Lipinski definition) is 4. The fourth-order valence-electron chi connectivity index (χ4n) is 1.67. The fourth-order valence-corrected chi connectivity index (χ4v) is 2.27. The van der Waals surface area contributed by atoms with Crippen LogP contribution in [0.15, 0.2) is 41.1 Å². The van der Waals surface area contributed by atoms with Crippen LogP contribution >= 0.6 is 15.9 Å². The number of aromatic nitrogens is 1. The molecule has 1 aromatic carbocycles. The monoisotopic (exact) mass is 322 g/mol. The molecule has 5 heteroatoms. The highest BCUT2D eigenvalue weighted by Crippen LogP contribution is 2.37. The highest BCUT2D eigenvalue weighted by molar-refractivity contribution is 9.10. The summed E-state index contributed by atoms with van der Waals surface area (Å²) < 4.78 is 12.0. The number of benzene rings is 1. The van der Waals surface area contributed by atoms with Crippen molar-refractivity contribution in [3.8, 4) is 11.5 Å². The zero-order valence-corrected chi connectivity index (χ0v) is 12.2. The molecule has 2 N–H and O–H groups in total. The standard InChI is InChI=1S/C14H15BrN2O2/c1-18-13-6-11(7-16)5-12(15)14(13)19-9-10-3-2-4-17-8-10/h2-6,8H,7,9,16H2,1H3. The van der Waals surface area contributed by atoms with Gasteiger partial charge in [-0.05, 0) is 39.7 Å². The van der Waals surface area contributed by atoms with E-state index in [-0.39, 0.29) is 0 Å². The second kappa shape index (κ2) is 6.54. The largest absolute Gasteiger partial charge is 0.493 e. The summed E-state index contributed by atoms with van der Waals surface area (Å²) in [5.41, 5.74) is 7.62. The molecule has 100 valence electrons. The number of nitrogens with two attached hydrogens (primary N) is 1. The van der Waals surface area contributed by atoms with Gasteiger partial charge >= 0.3 is 0 Å². The minimum absolute atomic E-state index is 0.435. The Hall–Kier alpha value is -1.59. The fraction of sp³-hybridized carbons (Fsp3) is 0.214. The van der Waals surface area contributed by atoms with Crippen molar-refractivity contribution in [3.05, 3.63) is 52.3 Å². The van der Waals surface area contributed by atoms with E-state index in [4.69, 9.17) is 15.2 Å². The van der Waals surface area contributed by atoms with E-state index in [2.05, 4.69) is 20.9 Å². The lowest BCUT2D eigenvalue weighted by molar-refractivity contribution is 0.282. The number of methoxy groups -OCH3 is 1. The topological polar surface area (TPSA) is 57.4 Å². The molecule has 0 aliphatic carbocycles. The summed E-state index contributed by atoms with van der Waals surface area (Å²) >= 11 is 3.48. The van der Waals surface area contributed by atoms with Gasteiger partial charge < -0.3 is 15.2 Å². The SMILES string of the molecule is COc1cc(CN)cc(Br)c1OCc1cccnc1. The summed E-state index contributed by atoms with van der Waals surface area (Å²) in [6.45, 7) is 0.891. The third kappa shape index (κ3) is 3.45. The van der Waals surface area contributed by atoms with Crippen LogP contribution < -0.4 is 15.2 Å². The summed E-state index contributed by atoms with van der Waals surface area (Å²) in [4.78, 5) is 4.05. The zero-order valence-electron chi connectivity index (χ0n) is 10.6. The van der Waals surface area contributed by atoms with Crippen LogP contribution in [0.5, 0.6) is 11.5 Å². The Morgan fingerprint density at radius 3 is 2.79 bits per heavy atom. The van der Waals surface area contributed by atoms with Crippen molar-refractivity contribution < 1.29 is 9.47 Å². The van der Waals surface area contributed by atoms with Crippen LogP contribution in [0.1, 0.15) is 11.1 Å². The van der Waals surface area contributed by atoms with Crippen molar-refractivity contribution >= 4 is 15.9 Å². The molecular weight excluding hydrogens is 308 g/mol. The Labute approximate surface area is 120 Å². The first-order valence-corrected chi connectivity index (χ1v) is 6.62. The maximum absolute atomic E-state index is 5.79. The molecule has 2 rings (SSSR count). The van der Waals surface area contributed by atoms with Gasteiger partial charge in [0.1, 0.15) is 6.61 Å². The summed E-state index contributed by atoms with van der Waals surface area (Å²) in [5.74, 6) is 1.34. The molecule has 2 aromatic rings. The van der Waals surface area contributed by atoms with Crippen LogP contribution in [-0.2, 0) is 13.2 Å². The highest BCUT2D eigenvalue weighted by atomic mass is 79.9. The Kier molecular flexibility index (Phi) is 4.76. The molecule has 0 fully saturated rings. The molecule has 0 unspecified atom stereocenters. The Bertz CT molecular complexity index is 547. The maximum Gasteiger partial charge on any atom is 0.175 e. The molecule has 0 radical (unpaired) electrons. The molecular formula is C14H15BrN2O2. The molecule has 1 heterocycles. The summed E-state index contributed by atoms with van der Waals surface area (Å²) in [5, 5.41) is 0. The smallest absolute Gasteiger partial charge is 0.175 e. The molecule has 0 saturated heterocycles. The van der Waals surface area contributed by atoms with Gasteiger partial charge in [-0.2, -0.15) is 0 Å². The van der Waals surface area contributed by atoms with Crippen molar-refractivity contribution in [2.75, 3.05) is 7.11 Å². The summed E-state index contributed by atoms with van der Waals surface area (Å²) in [6, 6.07) is 7.65. The second-order valence-corrected chi connectivity index (χ2v) is 4.82. The lowest BCUT2D eigenvalue weighted by atomic mass is 10.2. The van der Waals surface area contributed by atoms with Crippen LogP contribution in [0.3, 0.4) is 0 Å². The summed E-state index contributed by atoms with van der Waals surface area (Å²) in [6.07, 6.45) is 3.50. The summed E-state index contributed by atoms with van der Waals surface area (Å²) in [7, 11) is 1.61. The number of halogens is 1. The molecule has 1 aromatic heterocycles. The van der Waals surface area contributed by atoms with Gasteiger partial charge in [0.2, 0.25) is 0 Å². The second-order valence-electron chi connectivity index (χ2n) is 3.96. The number of hydrogen-bond donors (Lipinski definition) is 1. The third-order valence-corrected chi connectivity index (χ3v) is 3.22. The third-order valence-electron chi connectivity index (χ3n) is 2.63. The molecule has 0 spiro atoms. The van der Waals surface area contributed by atoms with Gasteiger partial charge in [0.25, 0.3) is 0 Å². The lowest BCUT2D eigenvalue weighted by Crippen LogP contribution is -2.02. The van der Waals surface area contributed by atoms with E-state index in [1.54, 1.807) is 19.5 Å². The minimum atomic E-state index is 0.435. The van der Waals surface area contributed by atoms with Gasteiger partial charge in [0, 0.05) is 24.5 Å². The van der Waals surface area contributed by atoms with E-state index in [9.17, 15) is 0 Å². The molecule has 0 amide bonds. The van der Waals surface area contributed by atoms with Crippen LogP contribution in [0.2, 0.25) is 0 Å². The maximum atomic E-state index is 5.79. The van der Waals surface area contributed by atoms with Crippen LogP contribution in [-0.4, -0.2) is 12.1 Å². The Morgan fingerprint density at radius 2 is 2.16 bits per heavy atom. The first-order valence-electron chi connectivity index (χ1n) is 5.82. The number of rotatable bonds is 5. The molecule has 19 heavy (non-hydrogen) atoms. The molecule has 0 aliphatic rings. The van der Waals surface area contributed by atoms with Crippen molar-refractivity contribution in [3.63, 3.8) is 0 Å². The zero-order chi connectivity index (χ0) is 13.7. The van der Waals surface area contributed by atoms with Gasteiger partial charge in [-0.1, -0.05) is 6.07 Å². The van der Waals surface area contributed by atoms with Gasteiger partial charge in [0.05, 0.1) is 11.6 Å². The first kappa shape index (κ1) is 13.8. The molecule has 0 bridgehead atoms. The van der Waals surface area contributed by atoms with E-state index in [1.807, 2.05) is 24.3 Å². The highest BCUT2D eigenvalue weighted by Gasteiger charge is 2.11.